The topological polar surface area (TPSA) is 93.8 Å². The van der Waals surface area contributed by atoms with Gasteiger partial charge in [0.05, 0.1) is 27.9 Å². The van der Waals surface area contributed by atoms with Crippen molar-refractivity contribution in [3.05, 3.63) is 58.6 Å². The van der Waals surface area contributed by atoms with Crippen LogP contribution < -0.4 is 4.72 Å². The van der Waals surface area contributed by atoms with Crippen LogP contribution in [-0.4, -0.2) is 8.42 Å². The number of nitrogens with zero attached hydrogens (tertiary/aromatic N) is 2. The van der Waals surface area contributed by atoms with E-state index in [1.807, 2.05) is 12.1 Å². The zero-order valence-electron chi connectivity index (χ0n) is 10.5. The number of hydrogen-bond donors (Lipinski definition) is 1. The van der Waals surface area contributed by atoms with Gasteiger partial charge in [-0.05, 0) is 30.3 Å². The lowest BCUT2D eigenvalue weighted by Gasteiger charge is -2.10. The van der Waals surface area contributed by atoms with Gasteiger partial charge >= 0.3 is 0 Å². The van der Waals surface area contributed by atoms with Gasteiger partial charge in [0.15, 0.2) is 0 Å². The summed E-state index contributed by atoms with van der Waals surface area (Å²) in [6, 6.07) is 13.9. The minimum Gasteiger partial charge on any atom is -0.278 e. The van der Waals surface area contributed by atoms with Crippen molar-refractivity contribution < 1.29 is 8.42 Å². The van der Waals surface area contributed by atoms with Gasteiger partial charge in [-0.3, -0.25) is 4.72 Å². The molecule has 0 saturated heterocycles. The molecule has 0 fully saturated rings. The van der Waals surface area contributed by atoms with Gasteiger partial charge in [-0.25, -0.2) is 8.42 Å². The molecule has 0 amide bonds. The van der Waals surface area contributed by atoms with Crippen LogP contribution in [0.3, 0.4) is 0 Å². The Hall–Kier alpha value is -2.54. The lowest BCUT2D eigenvalue weighted by Crippen LogP contribution is -2.14. The van der Waals surface area contributed by atoms with Crippen LogP contribution in [0.15, 0.2) is 47.4 Å². The van der Waals surface area contributed by atoms with Crippen LogP contribution in [-0.2, 0) is 10.0 Å². The van der Waals surface area contributed by atoms with E-state index < -0.39 is 10.0 Å². The van der Waals surface area contributed by atoms with Gasteiger partial charge in [0.1, 0.15) is 11.0 Å². The molecule has 0 atom stereocenters. The number of hydrogen-bond acceptors (Lipinski definition) is 4. The van der Waals surface area contributed by atoms with E-state index >= 15 is 0 Å². The molecule has 21 heavy (non-hydrogen) atoms. The molecule has 0 unspecified atom stereocenters. The van der Waals surface area contributed by atoms with Crippen molar-refractivity contribution in [2.24, 2.45) is 0 Å². The molecular weight excluding hydrogens is 310 g/mol. The van der Waals surface area contributed by atoms with Crippen LogP contribution in [0.2, 0.25) is 5.02 Å². The summed E-state index contributed by atoms with van der Waals surface area (Å²) >= 11 is 5.88. The highest BCUT2D eigenvalue weighted by Crippen LogP contribution is 2.26. The largest absolute Gasteiger partial charge is 0.278 e. The Morgan fingerprint density at radius 3 is 2.43 bits per heavy atom. The zero-order valence-corrected chi connectivity index (χ0v) is 12.1. The lowest BCUT2D eigenvalue weighted by molar-refractivity contribution is 0.601. The summed E-state index contributed by atoms with van der Waals surface area (Å²) in [6.45, 7) is 0. The highest BCUT2D eigenvalue weighted by atomic mass is 35.5. The summed E-state index contributed by atoms with van der Waals surface area (Å²) in [7, 11) is -3.99. The molecular formula is C14H8ClN3O2S. The third-order valence-electron chi connectivity index (χ3n) is 2.64. The van der Waals surface area contributed by atoms with Crippen LogP contribution in [0, 0.1) is 22.7 Å². The minimum atomic E-state index is -3.99. The number of anilines is 1. The van der Waals surface area contributed by atoms with Crippen LogP contribution >= 0.6 is 11.6 Å². The summed E-state index contributed by atoms with van der Waals surface area (Å²) < 4.78 is 27.0. The van der Waals surface area contributed by atoms with E-state index in [0.717, 1.165) is 0 Å². The average Bonchev–Trinajstić information content (AvgIpc) is 2.47. The first-order valence-electron chi connectivity index (χ1n) is 5.69. The number of para-hydroxylation sites is 1. The van der Waals surface area contributed by atoms with Crippen LogP contribution in [0.5, 0.6) is 0 Å². The van der Waals surface area contributed by atoms with Crippen LogP contribution in [0.25, 0.3) is 0 Å². The van der Waals surface area contributed by atoms with Crippen LogP contribution in [0.4, 0.5) is 5.69 Å². The highest BCUT2D eigenvalue weighted by molar-refractivity contribution is 7.92. The van der Waals surface area contributed by atoms with Crippen molar-refractivity contribution in [3.63, 3.8) is 0 Å². The second-order valence-electron chi connectivity index (χ2n) is 4.02. The van der Waals surface area contributed by atoms with E-state index in [9.17, 15) is 8.42 Å². The molecule has 2 rings (SSSR count). The minimum absolute atomic E-state index is 0.00376. The molecule has 0 aromatic heterocycles. The number of nitriles is 2. The Labute approximate surface area is 127 Å². The number of sulfonamides is 1. The molecule has 0 heterocycles. The van der Waals surface area contributed by atoms with Gasteiger partial charge in [0, 0.05) is 0 Å². The Balaban J connectivity index is 2.49. The summed E-state index contributed by atoms with van der Waals surface area (Å²) in [6.07, 6.45) is 0. The Morgan fingerprint density at radius 1 is 1.05 bits per heavy atom. The van der Waals surface area contributed by atoms with Gasteiger partial charge < -0.3 is 0 Å². The summed E-state index contributed by atoms with van der Waals surface area (Å²) in [5.41, 5.74) is 0.514. The fraction of sp³-hybridized carbons (Fsp3) is 0. The molecule has 104 valence electrons. The molecule has 7 heteroatoms. The van der Waals surface area contributed by atoms with E-state index in [2.05, 4.69) is 4.72 Å². The van der Waals surface area contributed by atoms with Crippen molar-refractivity contribution in [1.29, 1.82) is 10.5 Å². The second kappa shape index (κ2) is 5.84. The maximum atomic E-state index is 12.3. The Kier molecular flexibility index (Phi) is 4.13. The normalized spacial score (nSPS) is 10.4. The molecule has 0 spiro atoms. The number of rotatable bonds is 3. The van der Waals surface area contributed by atoms with Gasteiger partial charge in [0.2, 0.25) is 0 Å². The van der Waals surface area contributed by atoms with Crippen molar-refractivity contribution in [3.8, 4) is 12.1 Å². The van der Waals surface area contributed by atoms with Crippen molar-refractivity contribution in [2.45, 2.75) is 4.90 Å². The molecule has 0 bridgehead atoms. The zero-order chi connectivity index (χ0) is 15.5. The van der Waals surface area contributed by atoms with Gasteiger partial charge in [0.25, 0.3) is 10.0 Å². The predicted molar refractivity (Wildman–Crippen MR) is 78.1 cm³/mol. The molecule has 0 radical (unpaired) electrons. The second-order valence-corrected chi connectivity index (χ2v) is 6.08. The molecule has 1 N–H and O–H groups in total. The van der Waals surface area contributed by atoms with Gasteiger partial charge in [-0.2, -0.15) is 10.5 Å². The van der Waals surface area contributed by atoms with E-state index in [-0.39, 0.29) is 26.7 Å². The maximum absolute atomic E-state index is 12.3. The smallest absolute Gasteiger partial charge is 0.263 e. The first kappa shape index (κ1) is 14.9. The van der Waals surface area contributed by atoms with Crippen LogP contribution in [0.1, 0.15) is 11.1 Å². The first-order chi connectivity index (χ1) is 9.97. The number of nitrogens with one attached hydrogen (secondary N) is 1. The summed E-state index contributed by atoms with van der Waals surface area (Å²) in [4.78, 5) is -0.212. The monoisotopic (exact) mass is 317 g/mol. The third kappa shape index (κ3) is 3.14. The Bertz CT molecular complexity index is 880. The standard InChI is InChI=1S/C14H8ClN3O2S/c15-12-6-5-10(8-16)7-14(12)21(19,20)18-13-4-2-1-3-11(13)9-17/h1-7,18H. The van der Waals surface area contributed by atoms with E-state index in [4.69, 9.17) is 22.1 Å². The van der Waals surface area contributed by atoms with E-state index in [0.29, 0.717) is 0 Å². The van der Waals surface area contributed by atoms with Crippen molar-refractivity contribution in [1.82, 2.24) is 0 Å². The molecule has 0 aliphatic heterocycles. The number of benzene rings is 2. The fourth-order valence-corrected chi connectivity index (χ4v) is 3.25. The molecule has 5 nitrogen and oxygen atoms in total. The predicted octanol–water partition coefficient (Wildman–Crippen LogP) is 2.88. The molecule has 0 saturated carbocycles. The highest BCUT2D eigenvalue weighted by Gasteiger charge is 2.20. The van der Waals surface area contributed by atoms with Crippen molar-refractivity contribution in [2.75, 3.05) is 4.72 Å². The fourth-order valence-electron chi connectivity index (χ4n) is 1.65. The maximum Gasteiger partial charge on any atom is 0.263 e. The summed E-state index contributed by atoms with van der Waals surface area (Å²) in [5.74, 6) is 0. The number of halogens is 1. The molecule has 0 aliphatic carbocycles. The van der Waals surface area contributed by atoms with E-state index in [1.54, 1.807) is 12.1 Å². The lowest BCUT2D eigenvalue weighted by atomic mass is 10.2. The first-order valence-corrected chi connectivity index (χ1v) is 7.55. The third-order valence-corrected chi connectivity index (χ3v) is 4.49. The Morgan fingerprint density at radius 2 is 1.76 bits per heavy atom. The van der Waals surface area contributed by atoms with E-state index in [1.165, 1.54) is 30.3 Å². The molecule has 2 aromatic carbocycles. The quantitative estimate of drug-likeness (QED) is 0.941. The van der Waals surface area contributed by atoms with Gasteiger partial charge in [-0.15, -0.1) is 0 Å². The molecule has 0 aliphatic rings. The van der Waals surface area contributed by atoms with Crippen molar-refractivity contribution >= 4 is 27.3 Å². The SMILES string of the molecule is N#Cc1ccc(Cl)c(S(=O)(=O)Nc2ccccc2C#N)c1. The van der Waals surface area contributed by atoms with Gasteiger partial charge in [-0.1, -0.05) is 23.7 Å². The summed E-state index contributed by atoms with van der Waals surface area (Å²) in [5, 5.41) is 17.8. The average molecular weight is 318 g/mol. The molecule has 2 aromatic rings.